The maximum Gasteiger partial charge on any atom is 0.135 e. The first-order chi connectivity index (χ1) is 43.4. The molecule has 12 aromatic carbocycles. The van der Waals surface area contributed by atoms with Crippen LogP contribution in [0.3, 0.4) is 0 Å². The van der Waals surface area contributed by atoms with Crippen LogP contribution in [0.15, 0.2) is 266 Å². The maximum absolute atomic E-state index is 6.18. The van der Waals surface area contributed by atoms with Gasteiger partial charge < -0.3 is 43.8 Å². The van der Waals surface area contributed by atoms with Gasteiger partial charge in [0.15, 0.2) is 0 Å². The third-order valence-corrected chi connectivity index (χ3v) is 18.6. The second-order valence-corrected chi connectivity index (χ2v) is 24.1. The smallest absolute Gasteiger partial charge is 0.135 e. The van der Waals surface area contributed by atoms with E-state index in [0.29, 0.717) is 0 Å². The van der Waals surface area contributed by atoms with Crippen molar-refractivity contribution in [3.8, 4) is 11.4 Å². The molecule has 0 saturated heterocycles. The highest BCUT2D eigenvalue weighted by atomic mass is 79.9. The molecule has 20 rings (SSSR count). The van der Waals surface area contributed by atoms with E-state index in [2.05, 4.69) is 229 Å². The molecule has 424 valence electrons. The third-order valence-electron chi connectivity index (χ3n) is 18.1. The van der Waals surface area contributed by atoms with Gasteiger partial charge in [0.05, 0.1) is 22.1 Å². The Hall–Kier alpha value is -10.4. The highest BCUT2D eigenvalue weighted by Crippen LogP contribution is 2.44. The SMILES string of the molecule is Brc1ccc2oc3ccccc3c2c1.N[C@@H]1CCCC[C@H]1N.c1ccc2c(c1)[nH]c1ccc3[nH]c4ccccc4c3c12.c1ccc2c(c1)oc1ccc(-n3c4ccccc4c4c5c6ccccc6n(-c6ccc7oc8ccccc8c7c6)c5ccc43)cc12. The van der Waals surface area contributed by atoms with Crippen molar-refractivity contribution < 1.29 is 13.3 Å². The van der Waals surface area contributed by atoms with Crippen molar-refractivity contribution in [2.45, 2.75) is 37.8 Å². The minimum absolute atomic E-state index is 0.281. The molecule has 7 aromatic heterocycles. The molecule has 0 unspecified atom stereocenters. The van der Waals surface area contributed by atoms with Crippen LogP contribution in [0, 0.1) is 0 Å². The third kappa shape index (κ3) is 8.50. The molecule has 0 radical (unpaired) electrons. The van der Waals surface area contributed by atoms with E-state index in [1.807, 2.05) is 54.6 Å². The van der Waals surface area contributed by atoms with E-state index < -0.39 is 0 Å². The topological polar surface area (TPSA) is 133 Å². The summed E-state index contributed by atoms with van der Waals surface area (Å²) in [5, 5.41) is 17.0. The van der Waals surface area contributed by atoms with Gasteiger partial charge in [-0.2, -0.15) is 0 Å². The summed E-state index contributed by atoms with van der Waals surface area (Å²) < 4.78 is 23.9. The Morgan fingerprint density at radius 3 is 1.09 bits per heavy atom. The zero-order valence-electron chi connectivity index (χ0n) is 47.8. The molecule has 0 bridgehead atoms. The number of nitrogens with one attached hydrogen (secondary N) is 2. The summed E-state index contributed by atoms with van der Waals surface area (Å²) in [6.45, 7) is 0. The predicted molar refractivity (Wildman–Crippen MR) is 371 cm³/mol. The Balaban J connectivity index is 0.000000116. The van der Waals surface area contributed by atoms with Crippen molar-refractivity contribution >= 4 is 169 Å². The molecular weight excluding hydrogens is 1150 g/mol. The van der Waals surface area contributed by atoms with Crippen LogP contribution in [0.2, 0.25) is 0 Å². The number of rotatable bonds is 2. The largest absolute Gasteiger partial charge is 0.456 e. The summed E-state index contributed by atoms with van der Waals surface area (Å²) in [7, 11) is 0. The Labute approximate surface area is 512 Å². The Kier molecular flexibility index (Phi) is 12.4. The lowest BCUT2D eigenvalue weighted by Crippen LogP contribution is -2.43. The molecule has 10 heteroatoms. The zero-order chi connectivity index (χ0) is 58.6. The number of aromatic nitrogens is 4. The Bertz CT molecular complexity index is 5620. The van der Waals surface area contributed by atoms with Gasteiger partial charge in [0.25, 0.3) is 0 Å². The molecule has 1 aliphatic rings. The van der Waals surface area contributed by atoms with E-state index in [9.17, 15) is 0 Å². The monoisotopic (exact) mass is 1200 g/mol. The van der Waals surface area contributed by atoms with Crippen LogP contribution in [-0.2, 0) is 0 Å². The number of furan rings is 3. The number of fused-ring (bicyclic) bond motifs is 23. The number of H-pyrrole nitrogens is 2. The number of hydrogen-bond donors (Lipinski definition) is 4. The number of halogens is 1. The fraction of sp³-hybridized carbons (Fsp3) is 0.0769. The molecule has 0 spiro atoms. The van der Waals surface area contributed by atoms with Gasteiger partial charge in [-0.15, -0.1) is 0 Å². The number of para-hydroxylation sites is 7. The average Bonchev–Trinajstić information content (AvgIpc) is 1.64. The van der Waals surface area contributed by atoms with E-state index in [0.717, 1.165) is 89.1 Å². The first-order valence-corrected chi connectivity index (χ1v) is 30.9. The summed E-state index contributed by atoms with van der Waals surface area (Å²) in [4.78, 5) is 7.02. The van der Waals surface area contributed by atoms with Gasteiger partial charge in [-0.3, -0.25) is 0 Å². The standard InChI is InChI=1S/C42H24N2O2.C18H12N2.C12H7BrO.C6H14N2/c1-5-13-33-29(11-1)41-35(43(33)25-17-21-39-31(23-25)27-9-3-7-15-37(27)45-39)19-20-36-42(41)30-12-2-6-14-34(30)44(36)26-18-22-40-32(24-26)28-10-4-8-16-38(28)46-40;1-3-7-13-11(5-1)17-15(19-13)9-10-16-18(17)12-6-2-4-8-14(12)20-16;13-8-5-6-12-10(7-8)9-3-1-2-4-11(9)14-12;7-5-3-1-2-4-6(5)8/h1-24H;1-10,19-20H;1-7H;5-6H,1-4,7-8H2/t;;;5-,6-/m...1/s1. The lowest BCUT2D eigenvalue weighted by molar-refractivity contribution is 0.385. The van der Waals surface area contributed by atoms with E-state index >= 15 is 0 Å². The van der Waals surface area contributed by atoms with Gasteiger partial charge in [0.2, 0.25) is 0 Å². The van der Waals surface area contributed by atoms with E-state index in [4.69, 9.17) is 24.7 Å². The summed E-state index contributed by atoms with van der Waals surface area (Å²) in [5.41, 5.74) is 28.6. The number of nitrogens with zero attached hydrogens (tertiary/aromatic N) is 2. The van der Waals surface area contributed by atoms with Gasteiger partial charge >= 0.3 is 0 Å². The molecule has 2 atom stereocenters. The second-order valence-electron chi connectivity index (χ2n) is 23.2. The van der Waals surface area contributed by atoms with Gasteiger partial charge in [-0.1, -0.05) is 156 Å². The highest BCUT2D eigenvalue weighted by molar-refractivity contribution is 9.10. The van der Waals surface area contributed by atoms with Gasteiger partial charge in [0, 0.05) is 125 Å². The Morgan fingerprint density at radius 1 is 0.307 bits per heavy atom. The van der Waals surface area contributed by atoms with Crippen molar-refractivity contribution in [1.82, 2.24) is 19.1 Å². The highest BCUT2D eigenvalue weighted by Gasteiger charge is 2.22. The van der Waals surface area contributed by atoms with Crippen molar-refractivity contribution in [1.29, 1.82) is 0 Å². The lowest BCUT2D eigenvalue weighted by atomic mass is 9.92. The molecule has 9 nitrogen and oxygen atoms in total. The second kappa shape index (κ2) is 21.0. The van der Waals surface area contributed by atoms with Gasteiger partial charge in [0.1, 0.15) is 33.5 Å². The lowest BCUT2D eigenvalue weighted by Gasteiger charge is -2.24. The van der Waals surface area contributed by atoms with Crippen LogP contribution in [0.25, 0.3) is 164 Å². The normalized spacial score (nSPS) is 14.6. The molecule has 19 aromatic rings. The summed E-state index contributed by atoms with van der Waals surface area (Å²) in [5.74, 6) is 0. The number of nitrogens with two attached hydrogens (primary N) is 2. The first kappa shape index (κ1) is 52.0. The maximum atomic E-state index is 6.18. The molecule has 88 heavy (non-hydrogen) atoms. The van der Waals surface area contributed by atoms with E-state index in [-0.39, 0.29) is 12.1 Å². The molecule has 0 amide bonds. The van der Waals surface area contributed by atoms with Crippen LogP contribution in [-0.4, -0.2) is 31.2 Å². The summed E-state index contributed by atoms with van der Waals surface area (Å²) in [6.07, 6.45) is 4.80. The molecule has 0 aliphatic heterocycles. The molecule has 1 fully saturated rings. The molecule has 6 N–H and O–H groups in total. The summed E-state index contributed by atoms with van der Waals surface area (Å²) >= 11 is 3.46. The molecular formula is C78H57BrN6O3. The van der Waals surface area contributed by atoms with Crippen LogP contribution in [0.4, 0.5) is 0 Å². The zero-order valence-corrected chi connectivity index (χ0v) is 49.4. The fourth-order valence-corrected chi connectivity index (χ4v) is 14.3. The quantitative estimate of drug-likeness (QED) is 0.137. The van der Waals surface area contributed by atoms with E-state index in [1.54, 1.807) is 0 Å². The van der Waals surface area contributed by atoms with Crippen molar-refractivity contribution in [3.63, 3.8) is 0 Å². The number of aromatic amines is 2. The van der Waals surface area contributed by atoms with Crippen molar-refractivity contribution in [2.24, 2.45) is 11.5 Å². The number of hydrogen-bond acceptors (Lipinski definition) is 5. The molecule has 1 saturated carbocycles. The average molecular weight is 1210 g/mol. The van der Waals surface area contributed by atoms with E-state index in [1.165, 1.54) is 105 Å². The van der Waals surface area contributed by atoms with Crippen molar-refractivity contribution in [3.05, 3.63) is 253 Å². The minimum Gasteiger partial charge on any atom is -0.456 e. The molecule has 1 aliphatic carbocycles. The van der Waals surface area contributed by atoms with Crippen molar-refractivity contribution in [2.75, 3.05) is 0 Å². The van der Waals surface area contributed by atoms with Gasteiger partial charge in [-0.25, -0.2) is 0 Å². The number of benzene rings is 12. The first-order valence-electron chi connectivity index (χ1n) is 30.1. The van der Waals surface area contributed by atoms with Crippen LogP contribution >= 0.6 is 15.9 Å². The predicted octanol–water partition coefficient (Wildman–Crippen LogP) is 21.2. The summed E-state index contributed by atoms with van der Waals surface area (Å²) in [6, 6.07) is 87.8. The fourth-order valence-electron chi connectivity index (χ4n) is 13.9. The van der Waals surface area contributed by atoms with Crippen LogP contribution < -0.4 is 11.5 Å². The Morgan fingerprint density at radius 2 is 0.659 bits per heavy atom. The van der Waals surface area contributed by atoms with Gasteiger partial charge in [-0.05, 0) is 134 Å². The van der Waals surface area contributed by atoms with Crippen LogP contribution in [0.1, 0.15) is 25.7 Å². The molecule has 7 heterocycles. The van der Waals surface area contributed by atoms with Crippen LogP contribution in [0.5, 0.6) is 0 Å². The minimum atomic E-state index is 0.281.